The highest BCUT2D eigenvalue weighted by molar-refractivity contribution is 6.31. The van der Waals surface area contributed by atoms with Crippen LogP contribution >= 0.6 is 11.6 Å². The summed E-state index contributed by atoms with van der Waals surface area (Å²) in [6, 6.07) is 15.0. The lowest BCUT2D eigenvalue weighted by Gasteiger charge is -2.16. The van der Waals surface area contributed by atoms with Gasteiger partial charge >= 0.3 is 5.97 Å². The second-order valence-corrected chi connectivity index (χ2v) is 5.66. The molecule has 0 N–H and O–H groups in total. The lowest BCUT2D eigenvalue weighted by atomic mass is 10.2. The molecule has 0 radical (unpaired) electrons. The van der Waals surface area contributed by atoms with E-state index in [2.05, 4.69) is 4.98 Å². The molecular formula is C18H17ClN2O3. The van der Waals surface area contributed by atoms with Crippen molar-refractivity contribution in [1.82, 2.24) is 9.71 Å². The maximum atomic E-state index is 11.9. The van der Waals surface area contributed by atoms with Gasteiger partial charge in [0.15, 0.2) is 5.82 Å². The standard InChI is InChI=1S/C18H17ClN2O3/c1-3-23-18(22)12(2)24-21-16-11-14(19)9-10-15(16)20-17(21)13-7-5-4-6-8-13/h4-12H,3H2,1-2H3. The lowest BCUT2D eigenvalue weighted by Crippen LogP contribution is -2.32. The molecule has 0 spiro atoms. The minimum absolute atomic E-state index is 0.300. The van der Waals surface area contributed by atoms with Crippen molar-refractivity contribution in [2.75, 3.05) is 6.61 Å². The summed E-state index contributed by atoms with van der Waals surface area (Å²) < 4.78 is 6.55. The van der Waals surface area contributed by atoms with Crippen LogP contribution in [-0.2, 0) is 9.53 Å². The molecule has 0 aliphatic carbocycles. The number of aromatic nitrogens is 2. The number of benzene rings is 2. The van der Waals surface area contributed by atoms with Gasteiger partial charge in [-0.25, -0.2) is 9.78 Å². The summed E-state index contributed by atoms with van der Waals surface area (Å²) in [5, 5.41) is 0.565. The third-order valence-corrected chi connectivity index (χ3v) is 3.72. The molecule has 1 unspecified atom stereocenters. The van der Waals surface area contributed by atoms with Gasteiger partial charge < -0.3 is 9.57 Å². The average molecular weight is 345 g/mol. The van der Waals surface area contributed by atoms with E-state index >= 15 is 0 Å². The molecule has 24 heavy (non-hydrogen) atoms. The molecule has 0 aliphatic heterocycles. The van der Waals surface area contributed by atoms with Crippen molar-refractivity contribution in [3.63, 3.8) is 0 Å². The second kappa shape index (κ2) is 6.93. The minimum Gasteiger partial charge on any atom is -0.463 e. The number of halogens is 1. The highest BCUT2D eigenvalue weighted by Gasteiger charge is 2.21. The Bertz CT molecular complexity index is 861. The molecule has 0 bridgehead atoms. The molecule has 0 fully saturated rings. The van der Waals surface area contributed by atoms with Crippen LogP contribution in [0.4, 0.5) is 0 Å². The van der Waals surface area contributed by atoms with E-state index in [0.717, 1.165) is 11.1 Å². The molecular weight excluding hydrogens is 328 g/mol. The van der Waals surface area contributed by atoms with Crippen LogP contribution in [0.3, 0.4) is 0 Å². The Balaban J connectivity index is 2.09. The van der Waals surface area contributed by atoms with E-state index in [4.69, 9.17) is 21.2 Å². The quantitative estimate of drug-likeness (QED) is 0.662. The van der Waals surface area contributed by atoms with Gasteiger partial charge in [0, 0.05) is 10.6 Å². The zero-order valence-corrected chi connectivity index (χ0v) is 14.2. The molecule has 1 atom stereocenters. The average Bonchev–Trinajstić information content (AvgIpc) is 2.94. The number of ether oxygens (including phenoxy) is 1. The molecule has 124 valence electrons. The first-order valence-corrected chi connectivity index (χ1v) is 8.05. The molecule has 3 aromatic rings. The molecule has 3 rings (SSSR count). The second-order valence-electron chi connectivity index (χ2n) is 5.23. The van der Waals surface area contributed by atoms with Crippen molar-refractivity contribution in [1.29, 1.82) is 0 Å². The van der Waals surface area contributed by atoms with Gasteiger partial charge in [0.1, 0.15) is 5.52 Å². The third-order valence-electron chi connectivity index (χ3n) is 3.49. The number of imidazole rings is 1. The van der Waals surface area contributed by atoms with Gasteiger partial charge in [-0.05, 0) is 32.0 Å². The zero-order valence-electron chi connectivity index (χ0n) is 13.4. The van der Waals surface area contributed by atoms with Gasteiger partial charge in [-0.1, -0.05) is 41.9 Å². The van der Waals surface area contributed by atoms with Crippen LogP contribution in [0.5, 0.6) is 0 Å². The minimum atomic E-state index is -0.774. The predicted molar refractivity (Wildman–Crippen MR) is 92.9 cm³/mol. The van der Waals surface area contributed by atoms with Crippen LogP contribution in [-0.4, -0.2) is 28.4 Å². The van der Waals surface area contributed by atoms with Crippen LogP contribution < -0.4 is 4.84 Å². The number of carbonyl (C=O) groups is 1. The smallest absolute Gasteiger partial charge is 0.349 e. The van der Waals surface area contributed by atoms with Crippen molar-refractivity contribution in [2.24, 2.45) is 0 Å². The summed E-state index contributed by atoms with van der Waals surface area (Å²) in [5.41, 5.74) is 2.30. The highest BCUT2D eigenvalue weighted by atomic mass is 35.5. The van der Waals surface area contributed by atoms with E-state index in [1.165, 1.54) is 4.73 Å². The first kappa shape index (κ1) is 16.3. The molecule has 1 aromatic heterocycles. The Morgan fingerprint density at radius 3 is 2.71 bits per heavy atom. The molecule has 1 heterocycles. The van der Waals surface area contributed by atoms with E-state index in [0.29, 0.717) is 23.0 Å². The summed E-state index contributed by atoms with van der Waals surface area (Å²) in [6.07, 6.45) is -0.774. The molecule has 0 amide bonds. The van der Waals surface area contributed by atoms with Crippen molar-refractivity contribution < 1.29 is 14.4 Å². The van der Waals surface area contributed by atoms with E-state index < -0.39 is 12.1 Å². The van der Waals surface area contributed by atoms with E-state index in [1.54, 1.807) is 26.0 Å². The van der Waals surface area contributed by atoms with Gasteiger partial charge in [0.25, 0.3) is 0 Å². The summed E-state index contributed by atoms with van der Waals surface area (Å²) in [5.74, 6) is 0.171. The monoisotopic (exact) mass is 344 g/mol. The van der Waals surface area contributed by atoms with E-state index in [1.807, 2.05) is 36.4 Å². The van der Waals surface area contributed by atoms with Crippen LogP contribution in [0, 0.1) is 0 Å². The summed E-state index contributed by atoms with van der Waals surface area (Å²) >= 11 is 6.11. The number of nitrogens with zero attached hydrogens (tertiary/aromatic N) is 2. The Morgan fingerprint density at radius 1 is 1.25 bits per heavy atom. The molecule has 5 nitrogen and oxygen atoms in total. The van der Waals surface area contributed by atoms with Gasteiger partial charge in [-0.3, -0.25) is 0 Å². The zero-order chi connectivity index (χ0) is 17.1. The van der Waals surface area contributed by atoms with Crippen molar-refractivity contribution >= 4 is 28.6 Å². The normalized spacial score (nSPS) is 12.1. The van der Waals surface area contributed by atoms with Crippen LogP contribution in [0.25, 0.3) is 22.4 Å². The first-order valence-electron chi connectivity index (χ1n) is 7.67. The van der Waals surface area contributed by atoms with Gasteiger partial charge in [-0.2, -0.15) is 4.73 Å². The number of carbonyl (C=O) groups excluding carboxylic acids is 1. The fraction of sp³-hybridized carbons (Fsp3) is 0.222. The van der Waals surface area contributed by atoms with E-state index in [9.17, 15) is 4.79 Å². The topological polar surface area (TPSA) is 53.4 Å². The largest absolute Gasteiger partial charge is 0.463 e. The fourth-order valence-corrected chi connectivity index (χ4v) is 2.53. The van der Waals surface area contributed by atoms with Crippen molar-refractivity contribution in [2.45, 2.75) is 20.0 Å². The number of hydrogen-bond acceptors (Lipinski definition) is 4. The fourth-order valence-electron chi connectivity index (χ4n) is 2.36. The van der Waals surface area contributed by atoms with Gasteiger partial charge in [0.2, 0.25) is 6.10 Å². The van der Waals surface area contributed by atoms with Gasteiger partial charge in [0.05, 0.1) is 12.1 Å². The van der Waals surface area contributed by atoms with Crippen molar-refractivity contribution in [3.05, 3.63) is 53.6 Å². The van der Waals surface area contributed by atoms with Crippen LogP contribution in [0.1, 0.15) is 13.8 Å². The number of rotatable bonds is 5. The molecule has 0 saturated carbocycles. The molecule has 2 aromatic carbocycles. The lowest BCUT2D eigenvalue weighted by molar-refractivity contribution is -0.155. The summed E-state index contributed by atoms with van der Waals surface area (Å²) in [4.78, 5) is 22.4. The molecule has 0 saturated heterocycles. The van der Waals surface area contributed by atoms with Crippen LogP contribution in [0.15, 0.2) is 48.5 Å². The van der Waals surface area contributed by atoms with E-state index in [-0.39, 0.29) is 0 Å². The number of esters is 1. The Kier molecular flexibility index (Phi) is 4.71. The highest BCUT2D eigenvalue weighted by Crippen LogP contribution is 2.26. The number of hydrogen-bond donors (Lipinski definition) is 0. The third kappa shape index (κ3) is 3.21. The Hall–Kier alpha value is -2.53. The Morgan fingerprint density at radius 2 is 2.00 bits per heavy atom. The summed E-state index contributed by atoms with van der Waals surface area (Å²) in [6.45, 7) is 3.70. The molecule has 6 heteroatoms. The SMILES string of the molecule is CCOC(=O)C(C)On1c(-c2ccccc2)nc2ccc(Cl)cc21. The first-order chi connectivity index (χ1) is 11.6. The van der Waals surface area contributed by atoms with Crippen molar-refractivity contribution in [3.8, 4) is 11.4 Å². The number of fused-ring (bicyclic) bond motifs is 1. The maximum Gasteiger partial charge on any atom is 0.349 e. The maximum absolute atomic E-state index is 11.9. The molecule has 0 aliphatic rings. The van der Waals surface area contributed by atoms with Gasteiger partial charge in [-0.15, -0.1) is 0 Å². The predicted octanol–water partition coefficient (Wildman–Crippen LogP) is 3.74. The van der Waals surface area contributed by atoms with Crippen LogP contribution in [0.2, 0.25) is 5.02 Å². The summed E-state index contributed by atoms with van der Waals surface area (Å²) in [7, 11) is 0. The Labute approximate surface area is 144 Å².